The first kappa shape index (κ1) is 28.8. The average molecular weight is 540 g/mol. The summed E-state index contributed by atoms with van der Waals surface area (Å²) in [6, 6.07) is 19.3. The standard InChI is InChI=1S/C29H34FN3O4S/c1-5-22(3)31-29(35)23(4)32(19-24-13-15-25(30)16-14-24)28(34)20-33(26-17-11-21(2)12-18-26)38(36,37)27-9-7-6-8-10-27/h6-18,22-23H,5,19-20H2,1-4H3,(H,31,35). The molecule has 0 saturated heterocycles. The van der Waals surface area contributed by atoms with Crippen LogP contribution in [-0.4, -0.2) is 43.8 Å². The van der Waals surface area contributed by atoms with Gasteiger partial charge in [0.25, 0.3) is 10.0 Å². The highest BCUT2D eigenvalue weighted by molar-refractivity contribution is 7.92. The predicted molar refractivity (Wildman–Crippen MR) is 146 cm³/mol. The Bertz CT molecular complexity index is 1330. The van der Waals surface area contributed by atoms with E-state index < -0.39 is 34.3 Å². The van der Waals surface area contributed by atoms with Gasteiger partial charge in [-0.3, -0.25) is 13.9 Å². The van der Waals surface area contributed by atoms with E-state index in [9.17, 15) is 22.4 Å². The van der Waals surface area contributed by atoms with Gasteiger partial charge in [0.05, 0.1) is 10.6 Å². The van der Waals surface area contributed by atoms with E-state index in [1.807, 2.05) is 20.8 Å². The monoisotopic (exact) mass is 539 g/mol. The quantitative estimate of drug-likeness (QED) is 0.384. The van der Waals surface area contributed by atoms with E-state index in [0.717, 1.165) is 9.87 Å². The minimum atomic E-state index is -4.11. The number of sulfonamides is 1. The molecule has 0 fully saturated rings. The zero-order valence-corrected chi connectivity index (χ0v) is 22.9. The molecule has 0 heterocycles. The van der Waals surface area contributed by atoms with Crippen LogP contribution in [-0.2, 0) is 26.2 Å². The average Bonchev–Trinajstić information content (AvgIpc) is 2.91. The molecule has 0 aliphatic rings. The summed E-state index contributed by atoms with van der Waals surface area (Å²) in [5, 5.41) is 2.88. The third-order valence-corrected chi connectivity index (χ3v) is 8.15. The van der Waals surface area contributed by atoms with Crippen LogP contribution in [0.2, 0.25) is 0 Å². The van der Waals surface area contributed by atoms with Gasteiger partial charge in [-0.25, -0.2) is 12.8 Å². The van der Waals surface area contributed by atoms with Gasteiger partial charge in [0.15, 0.2) is 0 Å². The fourth-order valence-corrected chi connectivity index (χ4v) is 5.23. The van der Waals surface area contributed by atoms with Crippen LogP contribution in [0.15, 0.2) is 83.8 Å². The van der Waals surface area contributed by atoms with E-state index in [1.165, 1.54) is 41.3 Å². The molecule has 3 aromatic carbocycles. The van der Waals surface area contributed by atoms with Crippen molar-refractivity contribution in [2.45, 2.75) is 57.6 Å². The summed E-state index contributed by atoms with van der Waals surface area (Å²) in [4.78, 5) is 28.2. The molecule has 0 aliphatic carbocycles. The zero-order chi connectivity index (χ0) is 27.9. The number of nitrogens with zero attached hydrogens (tertiary/aromatic N) is 2. The van der Waals surface area contributed by atoms with E-state index in [2.05, 4.69) is 5.32 Å². The molecule has 0 bridgehead atoms. The number of hydrogen-bond acceptors (Lipinski definition) is 4. The lowest BCUT2D eigenvalue weighted by Gasteiger charge is -2.32. The highest BCUT2D eigenvalue weighted by Crippen LogP contribution is 2.25. The van der Waals surface area contributed by atoms with Gasteiger partial charge in [-0.15, -0.1) is 0 Å². The fourth-order valence-electron chi connectivity index (χ4n) is 3.79. The maximum absolute atomic E-state index is 13.8. The molecule has 2 atom stereocenters. The van der Waals surface area contributed by atoms with E-state index in [0.29, 0.717) is 17.7 Å². The lowest BCUT2D eigenvalue weighted by Crippen LogP contribution is -2.52. The van der Waals surface area contributed by atoms with Crippen molar-refractivity contribution >= 4 is 27.5 Å². The van der Waals surface area contributed by atoms with Crippen LogP contribution in [0.4, 0.5) is 10.1 Å². The molecule has 38 heavy (non-hydrogen) atoms. The lowest BCUT2D eigenvalue weighted by molar-refractivity contribution is -0.139. The van der Waals surface area contributed by atoms with Crippen molar-refractivity contribution in [3.8, 4) is 0 Å². The maximum Gasteiger partial charge on any atom is 0.264 e. The number of anilines is 1. The third-order valence-electron chi connectivity index (χ3n) is 6.37. The number of carbonyl (C=O) groups excluding carboxylic acids is 2. The second-order valence-electron chi connectivity index (χ2n) is 9.30. The van der Waals surface area contributed by atoms with Gasteiger partial charge in [-0.2, -0.15) is 0 Å². The summed E-state index contributed by atoms with van der Waals surface area (Å²) in [5.41, 5.74) is 1.87. The molecule has 9 heteroatoms. The molecule has 1 N–H and O–H groups in total. The Labute approximate surface area is 224 Å². The van der Waals surface area contributed by atoms with Crippen molar-refractivity contribution in [2.75, 3.05) is 10.8 Å². The van der Waals surface area contributed by atoms with Crippen molar-refractivity contribution in [3.05, 3.63) is 95.8 Å². The molecule has 3 rings (SSSR count). The summed E-state index contributed by atoms with van der Waals surface area (Å²) < 4.78 is 42.0. The minimum absolute atomic E-state index is 0.00132. The van der Waals surface area contributed by atoms with Crippen LogP contribution in [0.3, 0.4) is 0 Å². The molecule has 0 radical (unpaired) electrons. The number of aryl methyl sites for hydroxylation is 1. The Hall–Kier alpha value is -3.72. The summed E-state index contributed by atoms with van der Waals surface area (Å²) in [7, 11) is -4.11. The Kier molecular flexibility index (Phi) is 9.63. The van der Waals surface area contributed by atoms with Crippen LogP contribution in [0, 0.1) is 12.7 Å². The number of carbonyl (C=O) groups is 2. The van der Waals surface area contributed by atoms with Crippen LogP contribution < -0.4 is 9.62 Å². The first-order chi connectivity index (χ1) is 18.0. The van der Waals surface area contributed by atoms with Gasteiger partial charge in [0.2, 0.25) is 11.8 Å². The summed E-state index contributed by atoms with van der Waals surface area (Å²) in [6.07, 6.45) is 0.709. The van der Waals surface area contributed by atoms with E-state index >= 15 is 0 Å². The van der Waals surface area contributed by atoms with E-state index in [1.54, 1.807) is 49.4 Å². The molecule has 202 valence electrons. The zero-order valence-electron chi connectivity index (χ0n) is 22.1. The van der Waals surface area contributed by atoms with Gasteiger partial charge in [0, 0.05) is 12.6 Å². The smallest absolute Gasteiger partial charge is 0.264 e. The Morgan fingerprint density at radius 2 is 1.53 bits per heavy atom. The van der Waals surface area contributed by atoms with Crippen molar-refractivity contribution in [3.63, 3.8) is 0 Å². The molecule has 3 aromatic rings. The maximum atomic E-state index is 13.8. The predicted octanol–water partition coefficient (Wildman–Crippen LogP) is 4.66. The molecule has 0 aromatic heterocycles. The summed E-state index contributed by atoms with van der Waals surface area (Å²) in [5.74, 6) is -1.35. The molecule has 0 aliphatic heterocycles. The number of hydrogen-bond donors (Lipinski definition) is 1. The van der Waals surface area contributed by atoms with Gasteiger partial charge < -0.3 is 10.2 Å². The van der Waals surface area contributed by atoms with Crippen LogP contribution in [0.5, 0.6) is 0 Å². The normalized spacial score (nSPS) is 12.9. The van der Waals surface area contributed by atoms with Crippen molar-refractivity contribution in [2.24, 2.45) is 0 Å². The molecule has 2 unspecified atom stereocenters. The highest BCUT2D eigenvalue weighted by Gasteiger charge is 2.32. The Balaban J connectivity index is 2.00. The van der Waals surface area contributed by atoms with E-state index in [4.69, 9.17) is 0 Å². The van der Waals surface area contributed by atoms with Gasteiger partial charge >= 0.3 is 0 Å². The minimum Gasteiger partial charge on any atom is -0.352 e. The first-order valence-corrected chi connectivity index (χ1v) is 14.0. The second kappa shape index (κ2) is 12.7. The van der Waals surface area contributed by atoms with Crippen LogP contribution in [0.25, 0.3) is 0 Å². The van der Waals surface area contributed by atoms with Gasteiger partial charge in [-0.05, 0) is 69.2 Å². The number of halogens is 1. The van der Waals surface area contributed by atoms with Crippen LogP contribution in [0.1, 0.15) is 38.3 Å². The van der Waals surface area contributed by atoms with Crippen molar-refractivity contribution < 1.29 is 22.4 Å². The van der Waals surface area contributed by atoms with Crippen molar-refractivity contribution in [1.82, 2.24) is 10.2 Å². The molecule has 7 nitrogen and oxygen atoms in total. The fraction of sp³-hybridized carbons (Fsp3) is 0.310. The van der Waals surface area contributed by atoms with E-state index in [-0.39, 0.29) is 23.4 Å². The number of rotatable bonds is 11. The largest absolute Gasteiger partial charge is 0.352 e. The lowest BCUT2D eigenvalue weighted by atomic mass is 10.1. The highest BCUT2D eigenvalue weighted by atomic mass is 32.2. The Morgan fingerprint density at radius 3 is 2.11 bits per heavy atom. The van der Waals surface area contributed by atoms with Gasteiger partial charge in [0.1, 0.15) is 18.4 Å². The molecule has 0 saturated carbocycles. The summed E-state index contributed by atoms with van der Waals surface area (Å²) in [6.45, 7) is 6.76. The Morgan fingerprint density at radius 1 is 0.921 bits per heavy atom. The molecule has 2 amide bonds. The third kappa shape index (κ3) is 7.19. The SMILES string of the molecule is CCC(C)NC(=O)C(C)N(Cc1ccc(F)cc1)C(=O)CN(c1ccc(C)cc1)S(=O)(=O)c1ccccc1. The van der Waals surface area contributed by atoms with Gasteiger partial charge in [-0.1, -0.05) is 55.0 Å². The number of nitrogens with one attached hydrogen (secondary N) is 1. The molecular formula is C29H34FN3O4S. The second-order valence-corrected chi connectivity index (χ2v) is 11.2. The number of benzene rings is 3. The molecule has 0 spiro atoms. The topological polar surface area (TPSA) is 86.8 Å². The van der Waals surface area contributed by atoms with Crippen molar-refractivity contribution in [1.29, 1.82) is 0 Å². The van der Waals surface area contributed by atoms with Crippen LogP contribution >= 0.6 is 0 Å². The molecular weight excluding hydrogens is 505 g/mol. The first-order valence-electron chi connectivity index (χ1n) is 12.5. The summed E-state index contributed by atoms with van der Waals surface area (Å²) >= 11 is 0. The number of amides is 2.